The average Bonchev–Trinajstić information content (AvgIpc) is 3.07. The minimum absolute atomic E-state index is 0. The van der Waals surface area contributed by atoms with Gasteiger partial charge in [0.1, 0.15) is 11.3 Å². The molecule has 0 amide bonds. The number of piperazine rings is 1. The van der Waals surface area contributed by atoms with Gasteiger partial charge in [0, 0.05) is 31.9 Å². The van der Waals surface area contributed by atoms with E-state index < -0.39 is 0 Å². The van der Waals surface area contributed by atoms with Crippen molar-refractivity contribution >= 4 is 44.8 Å². The summed E-state index contributed by atoms with van der Waals surface area (Å²) >= 11 is 1.75. The summed E-state index contributed by atoms with van der Waals surface area (Å²) < 4.78 is 6.61. The molecule has 0 aliphatic carbocycles. The summed E-state index contributed by atoms with van der Waals surface area (Å²) in [7, 11) is 1.70. The third-order valence-corrected chi connectivity index (χ3v) is 5.34. The molecule has 0 atom stereocenters. The van der Waals surface area contributed by atoms with E-state index in [4.69, 9.17) is 9.72 Å². The Balaban J connectivity index is 0.00000169. The van der Waals surface area contributed by atoms with Crippen LogP contribution in [-0.2, 0) is 0 Å². The lowest BCUT2D eigenvalue weighted by molar-refractivity contribution is 0.419. The molecule has 0 N–H and O–H groups in total. The Morgan fingerprint density at radius 1 is 0.917 bits per heavy atom. The van der Waals surface area contributed by atoms with Gasteiger partial charge in [0.25, 0.3) is 0 Å². The topological polar surface area (TPSA) is 28.6 Å². The summed E-state index contributed by atoms with van der Waals surface area (Å²) in [5, 5.41) is 1.09. The molecule has 4 nitrogen and oxygen atoms in total. The Morgan fingerprint density at radius 3 is 2.33 bits per heavy atom. The second-order valence-corrected chi connectivity index (χ2v) is 6.62. The van der Waals surface area contributed by atoms with E-state index in [1.807, 2.05) is 12.1 Å². The van der Waals surface area contributed by atoms with Crippen molar-refractivity contribution < 1.29 is 4.74 Å². The number of ether oxygens (including phenoxy) is 1. The predicted molar refractivity (Wildman–Crippen MR) is 104 cm³/mol. The Bertz CT molecular complexity index is 800. The van der Waals surface area contributed by atoms with Crippen molar-refractivity contribution in [1.82, 2.24) is 4.98 Å². The first-order valence-corrected chi connectivity index (χ1v) is 8.65. The van der Waals surface area contributed by atoms with E-state index in [1.54, 1.807) is 18.4 Å². The third-order valence-electron chi connectivity index (χ3n) is 4.26. The van der Waals surface area contributed by atoms with Gasteiger partial charge in [-0.15, -0.1) is 12.4 Å². The molecule has 2 aromatic carbocycles. The van der Waals surface area contributed by atoms with Crippen LogP contribution in [0.5, 0.6) is 5.75 Å². The van der Waals surface area contributed by atoms with Crippen molar-refractivity contribution in [3.63, 3.8) is 0 Å². The highest BCUT2D eigenvalue weighted by atomic mass is 35.5. The molecule has 1 aliphatic rings. The molecule has 0 spiro atoms. The van der Waals surface area contributed by atoms with Gasteiger partial charge in [0.05, 0.1) is 11.8 Å². The highest BCUT2D eigenvalue weighted by Crippen LogP contribution is 2.34. The minimum Gasteiger partial charge on any atom is -0.494 e. The second-order valence-electron chi connectivity index (χ2n) is 5.61. The predicted octanol–water partition coefficient (Wildman–Crippen LogP) is 4.05. The molecule has 0 radical (unpaired) electrons. The molecule has 4 rings (SSSR count). The molecule has 1 aliphatic heterocycles. The van der Waals surface area contributed by atoms with Gasteiger partial charge in [-0.3, -0.25) is 0 Å². The first-order valence-electron chi connectivity index (χ1n) is 7.83. The van der Waals surface area contributed by atoms with Crippen LogP contribution >= 0.6 is 23.7 Å². The number of nitrogens with zero attached hydrogens (tertiary/aromatic N) is 3. The molecule has 2 heterocycles. The molecule has 24 heavy (non-hydrogen) atoms. The maximum absolute atomic E-state index is 5.42. The Labute approximate surface area is 152 Å². The molecule has 126 valence electrons. The van der Waals surface area contributed by atoms with Crippen LogP contribution in [-0.4, -0.2) is 38.3 Å². The highest BCUT2D eigenvalue weighted by Gasteiger charge is 2.20. The van der Waals surface area contributed by atoms with E-state index >= 15 is 0 Å². The van der Waals surface area contributed by atoms with Gasteiger partial charge < -0.3 is 14.5 Å². The minimum atomic E-state index is 0. The fourth-order valence-corrected chi connectivity index (χ4v) is 4.04. The lowest BCUT2D eigenvalue weighted by Gasteiger charge is -2.35. The van der Waals surface area contributed by atoms with Crippen LogP contribution in [0.1, 0.15) is 0 Å². The Hall–Kier alpha value is -1.98. The van der Waals surface area contributed by atoms with Crippen molar-refractivity contribution in [2.75, 3.05) is 43.1 Å². The smallest absolute Gasteiger partial charge is 0.186 e. The standard InChI is InChI=1S/C18H19N3OS.ClH/c1-22-15-8-5-9-16-17(15)19-18(23-16)21-12-10-20(11-13-21)14-6-3-2-4-7-14;/h2-9H,10-13H2,1H3;1H. The Morgan fingerprint density at radius 2 is 1.62 bits per heavy atom. The molecule has 1 saturated heterocycles. The summed E-state index contributed by atoms with van der Waals surface area (Å²) in [6, 6.07) is 16.7. The van der Waals surface area contributed by atoms with E-state index in [2.05, 4.69) is 46.2 Å². The average molecular weight is 362 g/mol. The van der Waals surface area contributed by atoms with E-state index in [0.717, 1.165) is 42.6 Å². The molecule has 1 fully saturated rings. The van der Waals surface area contributed by atoms with Crippen LogP contribution in [0, 0.1) is 0 Å². The van der Waals surface area contributed by atoms with E-state index in [-0.39, 0.29) is 12.4 Å². The maximum atomic E-state index is 5.42. The fourth-order valence-electron chi connectivity index (χ4n) is 3.01. The number of fused-ring (bicyclic) bond motifs is 1. The van der Waals surface area contributed by atoms with Crippen LogP contribution in [0.15, 0.2) is 48.5 Å². The monoisotopic (exact) mass is 361 g/mol. The van der Waals surface area contributed by atoms with Crippen molar-refractivity contribution in [1.29, 1.82) is 0 Å². The van der Waals surface area contributed by atoms with Gasteiger partial charge in [-0.2, -0.15) is 0 Å². The van der Waals surface area contributed by atoms with Crippen LogP contribution in [0.2, 0.25) is 0 Å². The van der Waals surface area contributed by atoms with Gasteiger partial charge in [0.2, 0.25) is 0 Å². The van der Waals surface area contributed by atoms with E-state index in [0.29, 0.717) is 0 Å². The van der Waals surface area contributed by atoms with Gasteiger partial charge >= 0.3 is 0 Å². The molecular weight excluding hydrogens is 342 g/mol. The molecule has 1 aromatic heterocycles. The van der Waals surface area contributed by atoms with Gasteiger partial charge in [0.15, 0.2) is 5.13 Å². The quantitative estimate of drug-likeness (QED) is 0.703. The van der Waals surface area contributed by atoms with E-state index in [9.17, 15) is 0 Å². The summed E-state index contributed by atoms with van der Waals surface area (Å²) in [5.41, 5.74) is 2.28. The van der Waals surface area contributed by atoms with Crippen molar-refractivity contribution in [2.24, 2.45) is 0 Å². The number of rotatable bonds is 3. The highest BCUT2D eigenvalue weighted by molar-refractivity contribution is 7.22. The van der Waals surface area contributed by atoms with Gasteiger partial charge in [-0.1, -0.05) is 35.6 Å². The van der Waals surface area contributed by atoms with Crippen molar-refractivity contribution in [3.05, 3.63) is 48.5 Å². The van der Waals surface area contributed by atoms with Crippen LogP contribution in [0.4, 0.5) is 10.8 Å². The van der Waals surface area contributed by atoms with E-state index in [1.165, 1.54) is 10.4 Å². The fraction of sp³-hybridized carbons (Fsp3) is 0.278. The molecule has 0 bridgehead atoms. The SMILES string of the molecule is COc1cccc2sc(N3CCN(c4ccccc4)CC3)nc12.Cl. The zero-order valence-corrected chi connectivity index (χ0v) is 15.1. The Kier molecular flexibility index (Phi) is 5.11. The summed E-state index contributed by atoms with van der Waals surface area (Å²) in [4.78, 5) is 9.62. The van der Waals surface area contributed by atoms with Crippen molar-refractivity contribution in [2.45, 2.75) is 0 Å². The van der Waals surface area contributed by atoms with Gasteiger partial charge in [-0.25, -0.2) is 4.98 Å². The summed E-state index contributed by atoms with van der Waals surface area (Å²) in [6.07, 6.45) is 0. The summed E-state index contributed by atoms with van der Waals surface area (Å²) in [5.74, 6) is 0.855. The number of anilines is 2. The number of aromatic nitrogens is 1. The molecule has 6 heteroatoms. The first-order chi connectivity index (χ1) is 11.3. The summed E-state index contributed by atoms with van der Waals surface area (Å²) in [6.45, 7) is 4.04. The first kappa shape index (κ1) is 16.9. The lowest BCUT2D eigenvalue weighted by Crippen LogP contribution is -2.46. The number of hydrogen-bond donors (Lipinski definition) is 0. The second kappa shape index (κ2) is 7.28. The van der Waals surface area contributed by atoms with Crippen molar-refractivity contribution in [3.8, 4) is 5.75 Å². The molecular formula is C18H20ClN3OS. The molecule has 0 unspecified atom stereocenters. The number of methoxy groups -OCH3 is 1. The number of para-hydroxylation sites is 2. The number of benzene rings is 2. The van der Waals surface area contributed by atoms with Crippen LogP contribution in [0.3, 0.4) is 0 Å². The zero-order valence-electron chi connectivity index (χ0n) is 13.5. The van der Waals surface area contributed by atoms with Gasteiger partial charge in [-0.05, 0) is 24.3 Å². The van der Waals surface area contributed by atoms with Crippen LogP contribution in [0.25, 0.3) is 10.2 Å². The number of hydrogen-bond acceptors (Lipinski definition) is 5. The zero-order chi connectivity index (χ0) is 15.6. The van der Waals surface area contributed by atoms with Crippen LogP contribution < -0.4 is 14.5 Å². The molecule has 0 saturated carbocycles. The normalized spacial score (nSPS) is 14.5. The molecule has 3 aromatic rings. The number of thiazole rings is 1. The maximum Gasteiger partial charge on any atom is 0.186 e. The third kappa shape index (κ3) is 3.14. The number of halogens is 1. The largest absolute Gasteiger partial charge is 0.494 e. The lowest BCUT2D eigenvalue weighted by atomic mass is 10.2.